The van der Waals surface area contributed by atoms with Crippen LogP contribution in [0.15, 0.2) is 34.7 Å². The van der Waals surface area contributed by atoms with Gasteiger partial charge in [0.15, 0.2) is 5.76 Å². The van der Waals surface area contributed by atoms with Crippen LogP contribution < -0.4 is 0 Å². The summed E-state index contributed by atoms with van der Waals surface area (Å²) in [6.45, 7) is 1.97. The average molecular weight is 337 g/mol. The van der Waals surface area contributed by atoms with Crippen molar-refractivity contribution in [1.82, 2.24) is 4.90 Å². The molecule has 1 fully saturated rings. The Bertz CT molecular complexity index is 752. The van der Waals surface area contributed by atoms with Gasteiger partial charge in [0.2, 0.25) is 0 Å². The summed E-state index contributed by atoms with van der Waals surface area (Å²) < 4.78 is 10.7. The first kappa shape index (κ1) is 15.5. The van der Waals surface area contributed by atoms with Crippen LogP contribution in [-0.4, -0.2) is 42.0 Å². The Kier molecular flexibility index (Phi) is 4.31. The molecule has 0 spiro atoms. The first-order valence-corrected chi connectivity index (χ1v) is 7.35. The number of halogens is 1. The number of amides is 1. The molecule has 23 heavy (non-hydrogen) atoms. The maximum absolute atomic E-state index is 12.3. The Balaban J connectivity index is 1.90. The number of nitro benzene ring substituents is 1. The Hall–Kier alpha value is -2.38. The number of morpholine rings is 1. The molecular weight excluding hydrogens is 324 g/mol. The highest BCUT2D eigenvalue weighted by Crippen LogP contribution is 2.33. The fourth-order valence-corrected chi connectivity index (χ4v) is 2.55. The van der Waals surface area contributed by atoms with Gasteiger partial charge in [-0.2, -0.15) is 0 Å². The summed E-state index contributed by atoms with van der Waals surface area (Å²) in [5.74, 6) is 0.146. The van der Waals surface area contributed by atoms with Gasteiger partial charge in [-0.25, -0.2) is 0 Å². The molecule has 1 saturated heterocycles. The maximum atomic E-state index is 12.3. The van der Waals surface area contributed by atoms with Crippen LogP contribution in [0.1, 0.15) is 10.6 Å². The second-order valence-electron chi connectivity index (χ2n) is 4.99. The molecule has 0 N–H and O–H groups in total. The van der Waals surface area contributed by atoms with E-state index in [1.165, 1.54) is 24.3 Å². The van der Waals surface area contributed by atoms with Gasteiger partial charge >= 0.3 is 0 Å². The van der Waals surface area contributed by atoms with Crippen LogP contribution in [0.5, 0.6) is 0 Å². The first-order chi connectivity index (χ1) is 11.1. The lowest BCUT2D eigenvalue weighted by atomic mass is 10.1. The van der Waals surface area contributed by atoms with Crippen LogP contribution in [0.2, 0.25) is 5.02 Å². The molecule has 120 valence electrons. The topological polar surface area (TPSA) is 85.8 Å². The van der Waals surface area contributed by atoms with Crippen molar-refractivity contribution in [2.45, 2.75) is 0 Å². The monoisotopic (exact) mass is 336 g/mol. The highest BCUT2D eigenvalue weighted by atomic mass is 35.5. The summed E-state index contributed by atoms with van der Waals surface area (Å²) in [7, 11) is 0. The van der Waals surface area contributed by atoms with Crippen molar-refractivity contribution in [3.8, 4) is 11.3 Å². The van der Waals surface area contributed by atoms with Crippen LogP contribution in [0, 0.1) is 10.1 Å². The molecule has 1 aliphatic rings. The van der Waals surface area contributed by atoms with Crippen LogP contribution >= 0.6 is 11.6 Å². The number of hydrogen-bond donors (Lipinski definition) is 0. The van der Waals surface area contributed by atoms with E-state index in [0.29, 0.717) is 26.3 Å². The van der Waals surface area contributed by atoms with Crippen molar-refractivity contribution in [1.29, 1.82) is 0 Å². The normalized spacial score (nSPS) is 14.7. The van der Waals surface area contributed by atoms with E-state index >= 15 is 0 Å². The minimum Gasteiger partial charge on any atom is -0.451 e. The number of carbonyl (C=O) groups is 1. The zero-order chi connectivity index (χ0) is 16.4. The van der Waals surface area contributed by atoms with Crippen molar-refractivity contribution in [3.05, 3.63) is 51.2 Å². The summed E-state index contributed by atoms with van der Waals surface area (Å²) in [4.78, 5) is 24.6. The molecule has 0 aliphatic carbocycles. The van der Waals surface area contributed by atoms with Gasteiger partial charge in [-0.3, -0.25) is 14.9 Å². The molecule has 7 nitrogen and oxygen atoms in total. The molecule has 2 heterocycles. The van der Waals surface area contributed by atoms with E-state index < -0.39 is 4.92 Å². The third-order valence-electron chi connectivity index (χ3n) is 3.54. The molecule has 0 atom stereocenters. The quantitative estimate of drug-likeness (QED) is 0.635. The lowest BCUT2D eigenvalue weighted by Crippen LogP contribution is -2.40. The molecule has 0 radical (unpaired) electrons. The number of benzene rings is 1. The van der Waals surface area contributed by atoms with E-state index in [-0.39, 0.29) is 33.7 Å². The Labute approximate surface area is 136 Å². The average Bonchev–Trinajstić information content (AvgIpc) is 3.04. The highest BCUT2D eigenvalue weighted by Gasteiger charge is 2.24. The van der Waals surface area contributed by atoms with E-state index in [2.05, 4.69) is 0 Å². The van der Waals surface area contributed by atoms with Crippen molar-refractivity contribution in [3.63, 3.8) is 0 Å². The van der Waals surface area contributed by atoms with Gasteiger partial charge in [0.05, 0.1) is 23.7 Å². The van der Waals surface area contributed by atoms with E-state index in [9.17, 15) is 14.9 Å². The molecule has 0 bridgehead atoms. The van der Waals surface area contributed by atoms with Gasteiger partial charge < -0.3 is 14.1 Å². The SMILES string of the molecule is O=C(c1ccc(-c2ccc(Cl)cc2[N+](=O)[O-])o1)N1CCOCC1. The number of rotatable bonds is 3. The Morgan fingerprint density at radius 2 is 1.96 bits per heavy atom. The number of hydrogen-bond acceptors (Lipinski definition) is 5. The van der Waals surface area contributed by atoms with E-state index in [4.69, 9.17) is 20.8 Å². The highest BCUT2D eigenvalue weighted by molar-refractivity contribution is 6.30. The van der Waals surface area contributed by atoms with E-state index in [1.54, 1.807) is 11.0 Å². The Morgan fingerprint density at radius 1 is 1.22 bits per heavy atom. The first-order valence-electron chi connectivity index (χ1n) is 6.97. The van der Waals surface area contributed by atoms with Gasteiger partial charge in [0, 0.05) is 24.2 Å². The van der Waals surface area contributed by atoms with Crippen molar-refractivity contribution >= 4 is 23.2 Å². The van der Waals surface area contributed by atoms with Crippen LogP contribution in [0.3, 0.4) is 0 Å². The summed E-state index contributed by atoms with van der Waals surface area (Å²) in [5, 5.41) is 11.4. The van der Waals surface area contributed by atoms with Crippen molar-refractivity contribution in [2.24, 2.45) is 0 Å². The molecule has 0 saturated carbocycles. The lowest BCUT2D eigenvalue weighted by molar-refractivity contribution is -0.384. The standard InChI is InChI=1S/C15H13ClN2O5/c16-10-1-2-11(12(9-10)18(20)21)13-3-4-14(23-13)15(19)17-5-7-22-8-6-17/h1-4,9H,5-8H2. The van der Waals surface area contributed by atoms with E-state index in [1.807, 2.05) is 0 Å². The minimum absolute atomic E-state index is 0.145. The van der Waals surface area contributed by atoms with Crippen LogP contribution in [0.25, 0.3) is 11.3 Å². The third kappa shape index (κ3) is 3.20. The predicted octanol–water partition coefficient (Wildman–Crippen LogP) is 2.98. The van der Waals surface area contributed by atoms with Gasteiger partial charge in [-0.15, -0.1) is 0 Å². The molecule has 2 aromatic rings. The van der Waals surface area contributed by atoms with Crippen LogP contribution in [-0.2, 0) is 4.74 Å². The van der Waals surface area contributed by atoms with Gasteiger partial charge in [0.1, 0.15) is 5.76 Å². The Morgan fingerprint density at radius 3 is 2.65 bits per heavy atom. The molecule has 1 aromatic heterocycles. The zero-order valence-corrected chi connectivity index (χ0v) is 12.8. The zero-order valence-electron chi connectivity index (χ0n) is 12.0. The fourth-order valence-electron chi connectivity index (χ4n) is 2.38. The molecule has 0 unspecified atom stereocenters. The molecule has 1 amide bonds. The van der Waals surface area contributed by atoms with Crippen LogP contribution in [0.4, 0.5) is 5.69 Å². The molecule has 1 aliphatic heterocycles. The molecule has 3 rings (SSSR count). The number of furan rings is 1. The summed E-state index contributed by atoms with van der Waals surface area (Å²) in [5.41, 5.74) is 0.109. The fraction of sp³-hybridized carbons (Fsp3) is 0.267. The second kappa shape index (κ2) is 6.39. The lowest BCUT2D eigenvalue weighted by Gasteiger charge is -2.25. The molecule has 8 heteroatoms. The van der Waals surface area contributed by atoms with Gasteiger partial charge in [-0.1, -0.05) is 11.6 Å². The minimum atomic E-state index is -0.535. The second-order valence-corrected chi connectivity index (χ2v) is 5.42. The molecular formula is C15H13ClN2O5. The van der Waals surface area contributed by atoms with Crippen molar-refractivity contribution < 1.29 is 18.9 Å². The smallest absolute Gasteiger partial charge is 0.289 e. The molecule has 1 aromatic carbocycles. The number of nitro groups is 1. The number of nitrogens with zero attached hydrogens (tertiary/aromatic N) is 2. The third-order valence-corrected chi connectivity index (χ3v) is 3.77. The largest absolute Gasteiger partial charge is 0.451 e. The summed E-state index contributed by atoms with van der Waals surface area (Å²) in [6, 6.07) is 7.36. The number of carbonyl (C=O) groups excluding carboxylic acids is 1. The summed E-state index contributed by atoms with van der Waals surface area (Å²) in [6.07, 6.45) is 0. The van der Waals surface area contributed by atoms with Crippen molar-refractivity contribution in [2.75, 3.05) is 26.3 Å². The maximum Gasteiger partial charge on any atom is 0.289 e. The summed E-state index contributed by atoms with van der Waals surface area (Å²) >= 11 is 5.80. The predicted molar refractivity (Wildman–Crippen MR) is 82.5 cm³/mol. The number of ether oxygens (including phenoxy) is 1. The van der Waals surface area contributed by atoms with Gasteiger partial charge in [-0.05, 0) is 24.3 Å². The van der Waals surface area contributed by atoms with Gasteiger partial charge in [0.25, 0.3) is 11.6 Å². The van der Waals surface area contributed by atoms with E-state index in [0.717, 1.165) is 0 Å².